The zero-order chi connectivity index (χ0) is 21.3. The average Bonchev–Trinajstić information content (AvgIpc) is 3.25. The van der Waals surface area contributed by atoms with Crippen LogP contribution in [0.15, 0.2) is 53.8 Å². The summed E-state index contributed by atoms with van der Waals surface area (Å²) < 4.78 is 16.2. The van der Waals surface area contributed by atoms with Crippen LogP contribution in [0.3, 0.4) is 0 Å². The second-order valence-electron chi connectivity index (χ2n) is 6.35. The van der Waals surface area contributed by atoms with Crippen molar-refractivity contribution < 1.29 is 19.0 Å². The number of nitrogens with one attached hydrogen (secondary N) is 2. The van der Waals surface area contributed by atoms with Gasteiger partial charge in [-0.2, -0.15) is 10.2 Å². The van der Waals surface area contributed by atoms with Crippen molar-refractivity contribution in [3.8, 4) is 28.5 Å². The third kappa shape index (κ3) is 4.96. The van der Waals surface area contributed by atoms with E-state index in [1.165, 1.54) is 6.21 Å². The first-order valence-corrected chi connectivity index (χ1v) is 9.48. The molecular weight excluding hydrogens is 384 g/mol. The highest BCUT2D eigenvalue weighted by molar-refractivity contribution is 5.96. The third-order valence-corrected chi connectivity index (χ3v) is 4.28. The number of hydrazone groups is 1. The van der Waals surface area contributed by atoms with Crippen molar-refractivity contribution in [3.05, 3.63) is 59.8 Å². The Morgan fingerprint density at radius 2 is 2.00 bits per heavy atom. The van der Waals surface area contributed by atoms with E-state index in [9.17, 15) is 4.79 Å². The maximum atomic E-state index is 12.4. The van der Waals surface area contributed by atoms with Crippen LogP contribution < -0.4 is 19.6 Å². The number of ether oxygens (including phenoxy) is 3. The lowest BCUT2D eigenvalue weighted by atomic mass is 10.1. The standard InChI is InChI=1S/C22H24N4O4/c1-4-10-30-18-7-5-6-16(11-18)22(27)26-24-14-17-13-23-25-21(17)15-8-9-19(28-2)20(12-15)29-3/h5-9,11-14H,4,10H2,1-3H3,(H,23,25)(H,26,27)/b24-14+. The van der Waals surface area contributed by atoms with E-state index in [0.717, 1.165) is 17.7 Å². The monoisotopic (exact) mass is 408 g/mol. The molecule has 2 aromatic carbocycles. The molecule has 0 saturated carbocycles. The lowest BCUT2D eigenvalue weighted by Gasteiger charge is -2.09. The maximum absolute atomic E-state index is 12.4. The van der Waals surface area contributed by atoms with Crippen LogP contribution >= 0.6 is 0 Å². The van der Waals surface area contributed by atoms with Crippen molar-refractivity contribution in [2.24, 2.45) is 5.10 Å². The number of amides is 1. The van der Waals surface area contributed by atoms with E-state index in [2.05, 4.69) is 20.7 Å². The number of H-pyrrole nitrogens is 1. The van der Waals surface area contributed by atoms with E-state index >= 15 is 0 Å². The second-order valence-corrected chi connectivity index (χ2v) is 6.35. The Kier molecular flexibility index (Phi) is 7.05. The summed E-state index contributed by atoms with van der Waals surface area (Å²) in [5, 5.41) is 11.1. The number of carbonyl (C=O) groups excluding carboxylic acids is 1. The lowest BCUT2D eigenvalue weighted by Crippen LogP contribution is -2.17. The van der Waals surface area contributed by atoms with Gasteiger partial charge in [0.15, 0.2) is 11.5 Å². The summed E-state index contributed by atoms with van der Waals surface area (Å²) in [6.07, 6.45) is 4.06. The molecule has 156 valence electrons. The largest absolute Gasteiger partial charge is 0.494 e. The Morgan fingerprint density at radius 3 is 2.77 bits per heavy atom. The molecule has 1 heterocycles. The van der Waals surface area contributed by atoms with Crippen LogP contribution in [0.25, 0.3) is 11.3 Å². The predicted molar refractivity (Wildman–Crippen MR) is 114 cm³/mol. The molecule has 2 N–H and O–H groups in total. The quantitative estimate of drug-likeness (QED) is 0.416. The van der Waals surface area contributed by atoms with Crippen molar-refractivity contribution in [1.29, 1.82) is 0 Å². The molecule has 8 heteroatoms. The van der Waals surface area contributed by atoms with Crippen LogP contribution in [-0.2, 0) is 0 Å². The number of nitrogens with zero attached hydrogens (tertiary/aromatic N) is 2. The number of aromatic amines is 1. The van der Waals surface area contributed by atoms with Gasteiger partial charge in [0, 0.05) is 16.7 Å². The molecular formula is C22H24N4O4. The minimum Gasteiger partial charge on any atom is -0.494 e. The summed E-state index contributed by atoms with van der Waals surface area (Å²) in [7, 11) is 3.16. The second kappa shape index (κ2) is 10.1. The van der Waals surface area contributed by atoms with Gasteiger partial charge in [0.1, 0.15) is 5.75 Å². The summed E-state index contributed by atoms with van der Waals surface area (Å²) in [6.45, 7) is 2.63. The molecule has 8 nitrogen and oxygen atoms in total. The number of hydrogen-bond donors (Lipinski definition) is 2. The van der Waals surface area contributed by atoms with Gasteiger partial charge in [0.2, 0.25) is 0 Å². The normalized spacial score (nSPS) is 10.8. The predicted octanol–water partition coefficient (Wildman–Crippen LogP) is 3.65. The first-order chi connectivity index (χ1) is 14.7. The highest BCUT2D eigenvalue weighted by Gasteiger charge is 2.11. The van der Waals surface area contributed by atoms with E-state index in [4.69, 9.17) is 14.2 Å². The van der Waals surface area contributed by atoms with Crippen LogP contribution in [-0.4, -0.2) is 43.1 Å². The van der Waals surface area contributed by atoms with Crippen molar-refractivity contribution in [3.63, 3.8) is 0 Å². The summed E-state index contributed by atoms with van der Waals surface area (Å²) in [5.74, 6) is 1.56. The minimum absolute atomic E-state index is 0.329. The number of methoxy groups -OCH3 is 2. The van der Waals surface area contributed by atoms with Gasteiger partial charge in [0.25, 0.3) is 5.91 Å². The van der Waals surface area contributed by atoms with Crippen LogP contribution in [0.1, 0.15) is 29.3 Å². The Morgan fingerprint density at radius 1 is 1.17 bits per heavy atom. The van der Waals surface area contributed by atoms with Crippen molar-refractivity contribution in [2.45, 2.75) is 13.3 Å². The topological polar surface area (TPSA) is 97.8 Å². The Balaban J connectivity index is 1.71. The van der Waals surface area contributed by atoms with Crippen molar-refractivity contribution in [2.75, 3.05) is 20.8 Å². The average molecular weight is 408 g/mol. The summed E-state index contributed by atoms with van der Waals surface area (Å²) in [4.78, 5) is 12.4. The fourth-order valence-corrected chi connectivity index (χ4v) is 2.79. The van der Waals surface area contributed by atoms with Crippen LogP contribution in [0, 0.1) is 0 Å². The van der Waals surface area contributed by atoms with E-state index in [1.807, 2.05) is 31.2 Å². The molecule has 30 heavy (non-hydrogen) atoms. The van der Waals surface area contributed by atoms with Crippen LogP contribution in [0.2, 0.25) is 0 Å². The molecule has 0 aliphatic rings. The fourth-order valence-electron chi connectivity index (χ4n) is 2.79. The molecule has 0 spiro atoms. The number of aromatic nitrogens is 2. The molecule has 0 radical (unpaired) electrons. The number of carbonyl (C=O) groups is 1. The van der Waals surface area contributed by atoms with Gasteiger partial charge >= 0.3 is 0 Å². The molecule has 3 aromatic rings. The summed E-state index contributed by atoms with van der Waals surface area (Å²) in [6, 6.07) is 12.5. The molecule has 0 bridgehead atoms. The smallest absolute Gasteiger partial charge is 0.271 e. The molecule has 3 rings (SSSR count). The SMILES string of the molecule is CCCOc1cccc(C(=O)N/N=C/c2cn[nH]c2-c2ccc(OC)c(OC)c2)c1. The molecule has 1 aromatic heterocycles. The molecule has 1 amide bonds. The summed E-state index contributed by atoms with van der Waals surface area (Å²) in [5.41, 5.74) is 5.29. The first-order valence-electron chi connectivity index (χ1n) is 9.48. The van der Waals surface area contributed by atoms with Crippen molar-refractivity contribution in [1.82, 2.24) is 15.6 Å². The van der Waals surface area contributed by atoms with E-state index < -0.39 is 0 Å². The maximum Gasteiger partial charge on any atom is 0.271 e. The highest BCUT2D eigenvalue weighted by Crippen LogP contribution is 2.32. The molecule has 0 fully saturated rings. The number of hydrogen-bond acceptors (Lipinski definition) is 6. The van der Waals surface area contributed by atoms with Gasteiger partial charge in [0.05, 0.1) is 38.9 Å². The Bertz CT molecular complexity index is 1030. The molecule has 0 saturated heterocycles. The van der Waals surface area contributed by atoms with Gasteiger partial charge in [-0.15, -0.1) is 0 Å². The van der Waals surface area contributed by atoms with Gasteiger partial charge < -0.3 is 14.2 Å². The van der Waals surface area contributed by atoms with Crippen molar-refractivity contribution >= 4 is 12.1 Å². The van der Waals surface area contributed by atoms with Gasteiger partial charge in [-0.25, -0.2) is 5.43 Å². The van der Waals surface area contributed by atoms with E-state index in [1.54, 1.807) is 38.6 Å². The van der Waals surface area contributed by atoms with Crippen LogP contribution in [0.5, 0.6) is 17.2 Å². The zero-order valence-corrected chi connectivity index (χ0v) is 17.1. The van der Waals surface area contributed by atoms with Gasteiger partial charge in [-0.1, -0.05) is 13.0 Å². The first kappa shape index (κ1) is 20.9. The van der Waals surface area contributed by atoms with E-state index in [0.29, 0.717) is 35.0 Å². The minimum atomic E-state index is -0.329. The van der Waals surface area contributed by atoms with Gasteiger partial charge in [-0.3, -0.25) is 9.89 Å². The van der Waals surface area contributed by atoms with E-state index in [-0.39, 0.29) is 5.91 Å². The fraction of sp³-hybridized carbons (Fsp3) is 0.227. The Hall–Kier alpha value is -3.81. The number of rotatable bonds is 9. The molecule has 0 unspecified atom stereocenters. The lowest BCUT2D eigenvalue weighted by molar-refractivity contribution is 0.0954. The third-order valence-electron chi connectivity index (χ3n) is 4.28. The van der Waals surface area contributed by atoms with Gasteiger partial charge in [-0.05, 0) is 42.8 Å². The molecule has 0 aliphatic heterocycles. The summed E-state index contributed by atoms with van der Waals surface area (Å²) >= 11 is 0. The zero-order valence-electron chi connectivity index (χ0n) is 17.1. The Labute approximate surface area is 174 Å². The number of benzene rings is 2. The molecule has 0 atom stereocenters. The highest BCUT2D eigenvalue weighted by atomic mass is 16.5. The van der Waals surface area contributed by atoms with Crippen LogP contribution in [0.4, 0.5) is 0 Å². The molecule has 0 aliphatic carbocycles.